The summed E-state index contributed by atoms with van der Waals surface area (Å²) < 4.78 is 29.4. The smallest absolute Gasteiger partial charge is 0.181 e. The fourth-order valence-electron chi connectivity index (χ4n) is 3.03. The number of benzene rings is 1. The number of aldehydes is 1. The predicted molar refractivity (Wildman–Crippen MR) is 139 cm³/mol. The molecule has 0 saturated carbocycles. The number of carbonyl (C=O) groups excluding carboxylic acids is 2. The highest BCUT2D eigenvalue weighted by atomic mass is 32.1. The van der Waals surface area contributed by atoms with Gasteiger partial charge in [-0.3, -0.25) is 9.79 Å². The minimum Gasteiger partial charge on any atom is -0.322 e. The van der Waals surface area contributed by atoms with Gasteiger partial charge in [-0.2, -0.15) is 5.26 Å². The molecular weight excluding hydrogens is 470 g/mol. The summed E-state index contributed by atoms with van der Waals surface area (Å²) in [6.07, 6.45) is 5.25. The van der Waals surface area contributed by atoms with Crippen LogP contribution >= 0.6 is 12.2 Å². The summed E-state index contributed by atoms with van der Waals surface area (Å²) >= 11 is 5.63. The second-order valence-electron chi connectivity index (χ2n) is 8.23. The van der Waals surface area contributed by atoms with Crippen molar-refractivity contribution in [3.05, 3.63) is 65.0 Å². The molecule has 1 aromatic carbocycles. The van der Waals surface area contributed by atoms with Gasteiger partial charge in [0.05, 0.1) is 16.8 Å². The van der Waals surface area contributed by atoms with E-state index in [1.54, 1.807) is 46.9 Å². The molecule has 0 aliphatic heterocycles. The molecule has 186 valence electrons. The number of thiocarbonyl (C=S) groups is 1. The van der Waals surface area contributed by atoms with Crippen LogP contribution in [-0.4, -0.2) is 40.4 Å². The minimum absolute atomic E-state index is 0.0518. The molecule has 35 heavy (non-hydrogen) atoms. The number of nitrogens with zero attached hydrogens (tertiary/aromatic N) is 4. The predicted octanol–water partition coefficient (Wildman–Crippen LogP) is 5.80. The van der Waals surface area contributed by atoms with Crippen molar-refractivity contribution < 1.29 is 18.4 Å². The van der Waals surface area contributed by atoms with E-state index in [9.17, 15) is 14.0 Å². The zero-order valence-corrected chi connectivity index (χ0v) is 21.8. The van der Waals surface area contributed by atoms with Crippen molar-refractivity contribution in [3.63, 3.8) is 0 Å². The summed E-state index contributed by atoms with van der Waals surface area (Å²) in [6.45, 7) is 9.56. The summed E-state index contributed by atoms with van der Waals surface area (Å²) in [6, 6.07) is 5.77. The Balaban J connectivity index is 3.51. The van der Waals surface area contributed by atoms with Gasteiger partial charge < -0.3 is 14.6 Å². The van der Waals surface area contributed by atoms with E-state index in [4.69, 9.17) is 17.5 Å². The number of carbonyl (C=O) groups is 2. The topological polar surface area (TPSA) is 76.8 Å². The highest BCUT2D eigenvalue weighted by Gasteiger charge is 2.33. The number of aliphatic imine (C=N–C) groups is 1. The maximum absolute atomic E-state index is 15.2. The second-order valence-corrected chi connectivity index (χ2v) is 8.59. The van der Waals surface area contributed by atoms with Gasteiger partial charge in [0.25, 0.3) is 0 Å². The largest absolute Gasteiger partial charge is 0.322 e. The number of halogens is 2. The van der Waals surface area contributed by atoms with E-state index < -0.39 is 17.2 Å². The van der Waals surface area contributed by atoms with Crippen LogP contribution in [0.1, 0.15) is 53.5 Å². The van der Waals surface area contributed by atoms with E-state index in [1.165, 1.54) is 47.9 Å². The molecule has 1 aromatic rings. The van der Waals surface area contributed by atoms with E-state index in [1.807, 2.05) is 0 Å². The number of ketones is 1. The molecule has 9 heteroatoms. The zero-order chi connectivity index (χ0) is 26.9. The van der Waals surface area contributed by atoms with Gasteiger partial charge >= 0.3 is 0 Å². The Morgan fingerprint density at radius 3 is 2.37 bits per heavy atom. The van der Waals surface area contributed by atoms with Crippen LogP contribution in [0.3, 0.4) is 0 Å². The highest BCUT2D eigenvalue weighted by Crippen LogP contribution is 2.27. The number of hydrogen-bond acceptors (Lipinski definition) is 5. The average molecular weight is 501 g/mol. The summed E-state index contributed by atoms with van der Waals surface area (Å²) in [7, 11) is 1.58. The lowest BCUT2D eigenvalue weighted by atomic mass is 10.0. The number of hydrogen-bond donors (Lipinski definition) is 0. The van der Waals surface area contributed by atoms with E-state index >= 15 is 4.39 Å². The van der Waals surface area contributed by atoms with Crippen LogP contribution in [0.2, 0.25) is 0 Å². The van der Waals surface area contributed by atoms with Crippen molar-refractivity contribution in [3.8, 4) is 6.07 Å². The Kier molecular flexibility index (Phi) is 10.8. The normalized spacial score (nSPS) is 13.3. The summed E-state index contributed by atoms with van der Waals surface area (Å²) in [5.74, 6) is -1.58. The molecule has 0 fully saturated rings. The standard InChI is InChI=1S/C26H30F2N4O2S/c1-8-20(12-17(3)34)30-18(4)23(27)13-21(9-2)32(26(5,6)16-33)25(35)31(7)22-11-10-19(15-29)24(28)14-22/h9-14,16H,8H2,1-7H3/b20-12-,21-9+,23-13+,30-18+. The molecule has 0 heterocycles. The summed E-state index contributed by atoms with van der Waals surface area (Å²) in [5, 5.41) is 9.08. The molecule has 0 N–H and O–H groups in total. The molecule has 0 atom stereocenters. The van der Waals surface area contributed by atoms with Gasteiger partial charge in [0, 0.05) is 30.2 Å². The van der Waals surface area contributed by atoms with Crippen LogP contribution in [0.5, 0.6) is 0 Å². The maximum atomic E-state index is 15.2. The molecule has 0 spiro atoms. The molecule has 6 nitrogen and oxygen atoms in total. The zero-order valence-electron chi connectivity index (χ0n) is 21.0. The first-order valence-corrected chi connectivity index (χ1v) is 11.3. The van der Waals surface area contributed by atoms with Gasteiger partial charge in [0.15, 0.2) is 10.9 Å². The molecule has 0 aromatic heterocycles. The molecule has 1 rings (SSSR count). The quantitative estimate of drug-likeness (QED) is 0.140. The first kappa shape index (κ1) is 29.5. The Morgan fingerprint density at radius 1 is 1.29 bits per heavy atom. The van der Waals surface area contributed by atoms with Crippen molar-refractivity contribution in [2.24, 2.45) is 4.99 Å². The Bertz CT molecular complexity index is 1160. The van der Waals surface area contributed by atoms with E-state index in [-0.39, 0.29) is 27.9 Å². The number of allylic oxidation sites excluding steroid dienone is 5. The van der Waals surface area contributed by atoms with Crippen LogP contribution in [0.4, 0.5) is 14.5 Å². The van der Waals surface area contributed by atoms with Crippen LogP contribution in [0, 0.1) is 17.1 Å². The highest BCUT2D eigenvalue weighted by molar-refractivity contribution is 7.80. The van der Waals surface area contributed by atoms with Crippen molar-refractivity contribution >= 4 is 40.8 Å². The third-order valence-corrected chi connectivity index (χ3v) is 5.48. The van der Waals surface area contributed by atoms with Gasteiger partial charge in [-0.05, 0) is 77.5 Å². The molecule has 0 saturated heterocycles. The molecule has 0 bridgehead atoms. The summed E-state index contributed by atoms with van der Waals surface area (Å²) in [5.41, 5.74) is -0.202. The van der Waals surface area contributed by atoms with Crippen LogP contribution in [-0.2, 0) is 9.59 Å². The van der Waals surface area contributed by atoms with Gasteiger partial charge in [0.1, 0.15) is 24.0 Å². The molecule has 0 aliphatic rings. The number of rotatable bonds is 9. The van der Waals surface area contributed by atoms with Crippen LogP contribution < -0.4 is 4.90 Å². The van der Waals surface area contributed by atoms with E-state index in [0.29, 0.717) is 24.1 Å². The molecule has 0 unspecified atom stereocenters. The Labute approximate surface area is 210 Å². The number of nitriles is 1. The lowest BCUT2D eigenvalue weighted by Gasteiger charge is -2.40. The van der Waals surface area contributed by atoms with Crippen molar-refractivity contribution in [1.82, 2.24) is 4.90 Å². The molecule has 0 radical (unpaired) electrons. The lowest BCUT2D eigenvalue weighted by molar-refractivity contribution is -0.114. The minimum atomic E-state index is -1.19. The van der Waals surface area contributed by atoms with Gasteiger partial charge in [0.2, 0.25) is 0 Å². The third kappa shape index (κ3) is 7.76. The van der Waals surface area contributed by atoms with Gasteiger partial charge in [-0.15, -0.1) is 0 Å². The third-order valence-electron chi connectivity index (χ3n) is 5.02. The SMILES string of the molecule is C\C=C(/C=C(F)\C(C)=N\C(=C/C(C)=O)CC)N(C(=S)N(C)c1ccc(C#N)c(F)c1)C(C)(C)C=O. The lowest BCUT2D eigenvalue weighted by Crippen LogP contribution is -2.52. The molecule has 0 aliphatic carbocycles. The van der Waals surface area contributed by atoms with Crippen molar-refractivity contribution in [2.75, 3.05) is 11.9 Å². The van der Waals surface area contributed by atoms with Gasteiger partial charge in [-0.1, -0.05) is 13.0 Å². The number of anilines is 1. The van der Waals surface area contributed by atoms with Crippen LogP contribution in [0.25, 0.3) is 0 Å². The first-order chi connectivity index (χ1) is 16.3. The fraction of sp³-hybridized carbons (Fsp3) is 0.346. The second kappa shape index (κ2) is 12.8. The van der Waals surface area contributed by atoms with Crippen LogP contribution in [0.15, 0.2) is 58.6 Å². The maximum Gasteiger partial charge on any atom is 0.181 e. The van der Waals surface area contributed by atoms with Crippen molar-refractivity contribution in [2.45, 2.75) is 53.5 Å². The van der Waals surface area contributed by atoms with E-state index in [0.717, 1.165) is 6.07 Å². The monoisotopic (exact) mass is 500 g/mol. The molecule has 0 amide bonds. The summed E-state index contributed by atoms with van der Waals surface area (Å²) in [4.78, 5) is 30.5. The average Bonchev–Trinajstić information content (AvgIpc) is 2.81. The van der Waals surface area contributed by atoms with E-state index in [2.05, 4.69) is 4.99 Å². The Hall–Kier alpha value is -3.51. The Morgan fingerprint density at radius 2 is 1.91 bits per heavy atom. The first-order valence-electron chi connectivity index (χ1n) is 10.9. The fourth-order valence-corrected chi connectivity index (χ4v) is 3.48. The van der Waals surface area contributed by atoms with Crippen molar-refractivity contribution in [1.29, 1.82) is 5.26 Å². The van der Waals surface area contributed by atoms with Gasteiger partial charge in [-0.25, -0.2) is 8.78 Å². The molecular formula is C26H30F2N4O2S.